The number of benzene rings is 6. The number of fused-ring (bicyclic) bond motifs is 3. The van der Waals surface area contributed by atoms with Crippen LogP contribution in [0.1, 0.15) is 0 Å². The van der Waals surface area contributed by atoms with Gasteiger partial charge < -0.3 is 0 Å². The number of rotatable bonds is 6. The van der Waals surface area contributed by atoms with Crippen LogP contribution >= 0.6 is 0 Å². The van der Waals surface area contributed by atoms with Crippen LogP contribution in [-0.2, 0) is 0 Å². The molecular weight excluding hydrogens is 625 g/mol. The van der Waals surface area contributed by atoms with E-state index >= 15 is 0 Å². The van der Waals surface area contributed by atoms with Crippen molar-refractivity contribution < 1.29 is 0 Å². The Bertz CT molecular complexity index is 2790. The van der Waals surface area contributed by atoms with E-state index in [-0.39, 0.29) is 0 Å². The van der Waals surface area contributed by atoms with Crippen LogP contribution in [0.3, 0.4) is 0 Å². The van der Waals surface area contributed by atoms with Crippen LogP contribution in [0.5, 0.6) is 0 Å². The van der Waals surface area contributed by atoms with Crippen molar-refractivity contribution in [3.63, 3.8) is 0 Å². The van der Waals surface area contributed by atoms with Gasteiger partial charge in [-0.15, -0.1) is 0 Å². The second-order valence-electron chi connectivity index (χ2n) is 12.4. The first-order chi connectivity index (χ1) is 25.3. The van der Waals surface area contributed by atoms with E-state index in [0.29, 0.717) is 0 Å². The Balaban J connectivity index is 1.31. The second-order valence-corrected chi connectivity index (χ2v) is 12.4. The van der Waals surface area contributed by atoms with Crippen LogP contribution in [-0.4, -0.2) is 28.7 Å². The van der Waals surface area contributed by atoms with E-state index in [1.807, 2.05) is 48.6 Å². The average molecular weight is 653 g/mol. The van der Waals surface area contributed by atoms with Crippen molar-refractivity contribution in [2.45, 2.75) is 0 Å². The summed E-state index contributed by atoms with van der Waals surface area (Å²) < 4.78 is 6.68. The molecule has 0 atom stereocenters. The Labute approximate surface area is 293 Å². The predicted octanol–water partition coefficient (Wildman–Crippen LogP) is 10.4. The molecule has 10 rings (SSSR count). The zero-order valence-corrected chi connectivity index (χ0v) is 27.3. The van der Waals surface area contributed by atoms with Gasteiger partial charge in [0.25, 0.3) is 0 Å². The van der Waals surface area contributed by atoms with Crippen LogP contribution in [0.2, 0.25) is 0 Å². The van der Waals surface area contributed by atoms with Gasteiger partial charge in [0.1, 0.15) is 17.5 Å². The first-order valence-corrected chi connectivity index (χ1v) is 16.9. The number of hydrogen-bond acceptors (Lipinski definition) is 3. The summed E-state index contributed by atoms with van der Waals surface area (Å²) in [5.41, 5.74) is 17.9. The molecule has 0 N–H and O–H groups in total. The van der Waals surface area contributed by atoms with Gasteiger partial charge in [0.15, 0.2) is 0 Å². The van der Waals surface area contributed by atoms with Crippen molar-refractivity contribution in [1.29, 1.82) is 0 Å². The topological polar surface area (TPSA) is 53.5 Å². The molecule has 0 saturated carbocycles. The molecular formula is C45H28N6. The van der Waals surface area contributed by atoms with E-state index in [4.69, 9.17) is 15.0 Å². The first kappa shape index (κ1) is 28.8. The molecule has 0 unspecified atom stereocenters. The van der Waals surface area contributed by atoms with Crippen molar-refractivity contribution in [3.05, 3.63) is 181 Å². The van der Waals surface area contributed by atoms with Crippen LogP contribution in [0, 0.1) is 0 Å². The molecule has 6 nitrogen and oxygen atoms in total. The van der Waals surface area contributed by atoms with Crippen LogP contribution in [0.4, 0.5) is 0 Å². The lowest BCUT2D eigenvalue weighted by atomic mass is 10.0. The highest BCUT2D eigenvalue weighted by molar-refractivity contribution is 5.91. The molecule has 0 spiro atoms. The average Bonchev–Trinajstić information content (AvgIpc) is 3.91. The van der Waals surface area contributed by atoms with Crippen molar-refractivity contribution in [3.8, 4) is 45.5 Å². The number of para-hydroxylation sites is 8. The molecule has 0 radical (unpaired) electrons. The van der Waals surface area contributed by atoms with E-state index in [1.54, 1.807) is 0 Å². The molecule has 9 aromatic rings. The molecule has 1 aliphatic carbocycles. The third kappa shape index (κ3) is 4.79. The molecule has 0 aliphatic heterocycles. The molecule has 3 aromatic heterocycles. The van der Waals surface area contributed by atoms with Crippen molar-refractivity contribution in [2.24, 2.45) is 0 Å². The largest absolute Gasteiger partial charge is 0.292 e. The van der Waals surface area contributed by atoms with E-state index in [9.17, 15) is 0 Å². The Morgan fingerprint density at radius 3 is 1.22 bits per heavy atom. The molecule has 0 bridgehead atoms. The van der Waals surface area contributed by atoms with Gasteiger partial charge in [-0.2, -0.15) is 0 Å². The monoisotopic (exact) mass is 652 g/mol. The van der Waals surface area contributed by atoms with Gasteiger partial charge in [-0.1, -0.05) is 84.3 Å². The minimum atomic E-state index is 0.809. The summed E-state index contributed by atoms with van der Waals surface area (Å²) in [5, 5.41) is 0. The molecule has 51 heavy (non-hydrogen) atoms. The summed E-state index contributed by atoms with van der Waals surface area (Å²) in [4.78, 5) is 15.8. The summed E-state index contributed by atoms with van der Waals surface area (Å²) in [5.74, 6) is 2.47. The van der Waals surface area contributed by atoms with Gasteiger partial charge in [-0.05, 0) is 91.0 Å². The zero-order chi connectivity index (χ0) is 33.7. The lowest BCUT2D eigenvalue weighted by Gasteiger charge is -2.15. The van der Waals surface area contributed by atoms with E-state index < -0.39 is 0 Å². The van der Waals surface area contributed by atoms with Gasteiger partial charge in [-0.3, -0.25) is 13.7 Å². The van der Waals surface area contributed by atoms with Gasteiger partial charge in [0, 0.05) is 34.1 Å². The number of hydrogen-bond donors (Lipinski definition) is 0. The summed E-state index contributed by atoms with van der Waals surface area (Å²) in [6, 6.07) is 52.3. The van der Waals surface area contributed by atoms with Crippen LogP contribution in [0.15, 0.2) is 181 Å². The van der Waals surface area contributed by atoms with Crippen molar-refractivity contribution >= 4 is 38.8 Å². The number of imidazole rings is 3. The number of aromatic nitrogens is 6. The molecule has 0 saturated heterocycles. The molecule has 6 heteroatoms. The quantitative estimate of drug-likeness (QED) is 0.168. The number of nitrogens with zero attached hydrogens (tertiary/aromatic N) is 6. The Hall–Kier alpha value is -7.23. The summed E-state index contributed by atoms with van der Waals surface area (Å²) in [6.45, 7) is 0. The molecule has 0 fully saturated rings. The molecule has 3 heterocycles. The zero-order valence-electron chi connectivity index (χ0n) is 27.3. The van der Waals surface area contributed by atoms with Crippen LogP contribution < -0.4 is 0 Å². The lowest BCUT2D eigenvalue weighted by Crippen LogP contribution is -2.02. The Morgan fingerprint density at radius 1 is 0.392 bits per heavy atom. The van der Waals surface area contributed by atoms with Crippen molar-refractivity contribution in [1.82, 2.24) is 28.7 Å². The second kappa shape index (κ2) is 11.7. The molecule has 1 aliphatic rings. The third-order valence-corrected chi connectivity index (χ3v) is 9.32. The maximum atomic E-state index is 5.27. The smallest absolute Gasteiger partial charge is 0.145 e. The maximum Gasteiger partial charge on any atom is 0.145 e. The van der Waals surface area contributed by atoms with Gasteiger partial charge in [-0.25, -0.2) is 15.0 Å². The fraction of sp³-hybridized carbons (Fsp3) is 0. The lowest BCUT2D eigenvalue weighted by molar-refractivity contribution is 1.09. The van der Waals surface area contributed by atoms with Gasteiger partial charge in [0.2, 0.25) is 0 Å². The van der Waals surface area contributed by atoms with Gasteiger partial charge >= 0.3 is 0 Å². The molecule has 6 aromatic carbocycles. The summed E-state index contributed by atoms with van der Waals surface area (Å²) >= 11 is 0. The standard InChI is InChI=1S/C45H28N6/c1-4-16-34(17-5-1)49-40-25-13-10-22-37(40)46-43(49)31-28-32(44-47-38-23-11-14-26-41(38)50(44)35-18-6-2-7-19-35)30-33(29-31)45-48-39-24-12-15-27-42(39)51(45)36-20-8-3-9-21-36/h1-2,4-8,10-30H. The highest BCUT2D eigenvalue weighted by Gasteiger charge is 2.22. The third-order valence-electron chi connectivity index (χ3n) is 9.32. The molecule has 238 valence electrons. The van der Waals surface area contributed by atoms with E-state index in [2.05, 4.69) is 146 Å². The summed E-state index contributed by atoms with van der Waals surface area (Å²) in [7, 11) is 0. The highest BCUT2D eigenvalue weighted by atomic mass is 15.1. The Morgan fingerprint density at radius 2 is 0.784 bits per heavy atom. The fourth-order valence-corrected chi connectivity index (χ4v) is 7.09. The predicted molar refractivity (Wildman–Crippen MR) is 206 cm³/mol. The molecule has 0 amide bonds. The first-order valence-electron chi connectivity index (χ1n) is 16.9. The normalized spacial score (nSPS) is 12.4. The highest BCUT2D eigenvalue weighted by Crippen LogP contribution is 2.38. The van der Waals surface area contributed by atoms with Crippen molar-refractivity contribution in [2.75, 3.05) is 0 Å². The minimum absolute atomic E-state index is 0.809. The SMILES string of the molecule is C1=C=CC(n2c(-c3cc(-c4nc5ccccc5n4-c4ccccc4)cc(-c4nc5ccccc5n4-c4ccccc4)c3)nc3ccccc32)=CC=1. The Kier molecular flexibility index (Phi) is 6.61. The van der Waals surface area contributed by atoms with E-state index in [0.717, 1.165) is 84.3 Å². The van der Waals surface area contributed by atoms with Gasteiger partial charge in [0.05, 0.1) is 38.8 Å². The van der Waals surface area contributed by atoms with E-state index in [1.165, 1.54) is 0 Å². The number of allylic oxidation sites excluding steroid dienone is 4. The fourth-order valence-electron chi connectivity index (χ4n) is 7.09. The minimum Gasteiger partial charge on any atom is -0.292 e. The maximum absolute atomic E-state index is 5.27. The van der Waals surface area contributed by atoms with Crippen LogP contribution in [0.25, 0.3) is 84.3 Å². The summed E-state index contributed by atoms with van der Waals surface area (Å²) in [6.07, 6.45) is 5.88.